The molecular weight excluding hydrogens is 284 g/mol. The van der Waals surface area contributed by atoms with Crippen LogP contribution in [0, 0.1) is 12.3 Å². The summed E-state index contributed by atoms with van der Waals surface area (Å²) in [7, 11) is 0. The molecule has 0 spiro atoms. The number of piperidine rings is 1. The zero-order valence-electron chi connectivity index (χ0n) is 13.2. The van der Waals surface area contributed by atoms with Crippen LogP contribution in [-0.2, 0) is 11.2 Å². The van der Waals surface area contributed by atoms with Crippen molar-refractivity contribution >= 4 is 18.3 Å². The second-order valence-electron chi connectivity index (χ2n) is 6.35. The molecule has 1 heterocycles. The van der Waals surface area contributed by atoms with E-state index in [0.717, 1.165) is 32.4 Å². The minimum absolute atomic E-state index is 0. The quantitative estimate of drug-likeness (QED) is 0.898. The van der Waals surface area contributed by atoms with Crippen LogP contribution < -0.4 is 10.6 Å². The number of carbonyl (C=O) groups excluding carboxylic acids is 1. The van der Waals surface area contributed by atoms with Crippen LogP contribution in [0.2, 0.25) is 0 Å². The van der Waals surface area contributed by atoms with Gasteiger partial charge in [-0.2, -0.15) is 0 Å². The van der Waals surface area contributed by atoms with Crippen LogP contribution in [0.25, 0.3) is 0 Å². The Bertz CT molecular complexity index is 470. The van der Waals surface area contributed by atoms with Crippen molar-refractivity contribution in [3.05, 3.63) is 35.4 Å². The van der Waals surface area contributed by atoms with E-state index in [1.54, 1.807) is 0 Å². The lowest BCUT2D eigenvalue weighted by Crippen LogP contribution is -2.51. The van der Waals surface area contributed by atoms with Crippen molar-refractivity contribution in [2.75, 3.05) is 13.1 Å². The second-order valence-corrected chi connectivity index (χ2v) is 6.35. The first-order valence-corrected chi connectivity index (χ1v) is 7.57. The molecule has 4 heteroatoms. The van der Waals surface area contributed by atoms with E-state index >= 15 is 0 Å². The minimum Gasteiger partial charge on any atom is -0.353 e. The molecule has 1 aromatic rings. The number of halogens is 1. The smallest absolute Gasteiger partial charge is 0.227 e. The van der Waals surface area contributed by atoms with Gasteiger partial charge in [-0.25, -0.2) is 0 Å². The third kappa shape index (κ3) is 4.72. The van der Waals surface area contributed by atoms with Gasteiger partial charge in [0.05, 0.1) is 5.41 Å². The normalized spacial score (nSPS) is 23.0. The molecule has 2 rings (SSSR count). The molecule has 1 fully saturated rings. The van der Waals surface area contributed by atoms with Crippen molar-refractivity contribution in [1.82, 2.24) is 10.6 Å². The van der Waals surface area contributed by atoms with Crippen LogP contribution in [-0.4, -0.2) is 25.0 Å². The summed E-state index contributed by atoms with van der Waals surface area (Å²) in [5, 5.41) is 6.51. The summed E-state index contributed by atoms with van der Waals surface area (Å²) >= 11 is 0. The summed E-state index contributed by atoms with van der Waals surface area (Å²) in [4.78, 5) is 12.5. The number of amides is 1. The van der Waals surface area contributed by atoms with Gasteiger partial charge in [0.15, 0.2) is 0 Å². The highest BCUT2D eigenvalue weighted by atomic mass is 35.5. The molecule has 118 valence electrons. The van der Waals surface area contributed by atoms with Gasteiger partial charge < -0.3 is 10.6 Å². The molecule has 0 radical (unpaired) electrons. The standard InChI is InChI=1S/C17H26N2O.ClH/c1-13-7-4-5-8-15(13)11-14(2)19-16(20)17(3)9-6-10-18-12-17;/h4-5,7-8,14,18H,6,9-12H2,1-3H3,(H,19,20);1H. The van der Waals surface area contributed by atoms with Crippen molar-refractivity contribution < 1.29 is 4.79 Å². The topological polar surface area (TPSA) is 41.1 Å². The van der Waals surface area contributed by atoms with Gasteiger partial charge in [-0.1, -0.05) is 24.3 Å². The fourth-order valence-electron chi connectivity index (χ4n) is 2.87. The monoisotopic (exact) mass is 310 g/mol. The number of aryl methyl sites for hydroxylation is 1. The van der Waals surface area contributed by atoms with Crippen molar-refractivity contribution in [2.24, 2.45) is 5.41 Å². The van der Waals surface area contributed by atoms with Crippen LogP contribution in [0.15, 0.2) is 24.3 Å². The predicted molar refractivity (Wildman–Crippen MR) is 89.9 cm³/mol. The zero-order valence-corrected chi connectivity index (χ0v) is 14.1. The van der Waals surface area contributed by atoms with Crippen molar-refractivity contribution in [3.8, 4) is 0 Å². The molecule has 0 aromatic heterocycles. The van der Waals surface area contributed by atoms with Crippen LogP contribution >= 0.6 is 12.4 Å². The summed E-state index contributed by atoms with van der Waals surface area (Å²) in [6, 6.07) is 8.54. The molecule has 1 amide bonds. The molecule has 2 atom stereocenters. The number of rotatable bonds is 4. The average molecular weight is 311 g/mol. The van der Waals surface area contributed by atoms with Gasteiger partial charge in [-0.3, -0.25) is 4.79 Å². The van der Waals surface area contributed by atoms with E-state index in [4.69, 9.17) is 0 Å². The Morgan fingerprint density at radius 1 is 1.43 bits per heavy atom. The van der Waals surface area contributed by atoms with Gasteiger partial charge in [0.1, 0.15) is 0 Å². The van der Waals surface area contributed by atoms with E-state index in [9.17, 15) is 4.79 Å². The van der Waals surface area contributed by atoms with E-state index in [-0.39, 0.29) is 29.8 Å². The van der Waals surface area contributed by atoms with Gasteiger partial charge in [-0.05, 0) is 57.7 Å². The van der Waals surface area contributed by atoms with Crippen molar-refractivity contribution in [2.45, 2.75) is 46.1 Å². The van der Waals surface area contributed by atoms with Crippen molar-refractivity contribution in [3.63, 3.8) is 0 Å². The third-order valence-corrected chi connectivity index (χ3v) is 4.31. The lowest BCUT2D eigenvalue weighted by molar-refractivity contribution is -0.131. The van der Waals surface area contributed by atoms with Gasteiger partial charge in [0.2, 0.25) is 5.91 Å². The maximum Gasteiger partial charge on any atom is 0.227 e. The maximum absolute atomic E-state index is 12.5. The lowest BCUT2D eigenvalue weighted by atomic mass is 9.81. The molecule has 0 aliphatic carbocycles. The van der Waals surface area contributed by atoms with E-state index in [1.165, 1.54) is 11.1 Å². The maximum atomic E-state index is 12.5. The Hall–Kier alpha value is -1.06. The molecule has 1 saturated heterocycles. The lowest BCUT2D eigenvalue weighted by Gasteiger charge is -2.33. The number of hydrogen-bond acceptors (Lipinski definition) is 2. The second kappa shape index (κ2) is 7.81. The summed E-state index contributed by atoms with van der Waals surface area (Å²) in [6.45, 7) is 8.09. The number of carbonyl (C=O) groups is 1. The molecular formula is C17H27ClN2O. The van der Waals surface area contributed by atoms with Crippen molar-refractivity contribution in [1.29, 1.82) is 0 Å². The SMILES string of the molecule is Cc1ccccc1CC(C)NC(=O)C1(C)CCCNC1.Cl. The molecule has 1 aliphatic rings. The fraction of sp³-hybridized carbons (Fsp3) is 0.588. The highest BCUT2D eigenvalue weighted by Crippen LogP contribution is 2.25. The molecule has 2 unspecified atom stereocenters. The fourth-order valence-corrected chi connectivity index (χ4v) is 2.87. The third-order valence-electron chi connectivity index (χ3n) is 4.31. The van der Waals surface area contributed by atoms with Crippen LogP contribution in [0.1, 0.15) is 37.8 Å². The van der Waals surface area contributed by atoms with Gasteiger partial charge in [0, 0.05) is 12.6 Å². The molecule has 21 heavy (non-hydrogen) atoms. The van der Waals surface area contributed by atoms with Crippen LogP contribution in [0.4, 0.5) is 0 Å². The largest absolute Gasteiger partial charge is 0.353 e. The summed E-state index contributed by atoms with van der Waals surface area (Å²) in [6.07, 6.45) is 2.95. The van der Waals surface area contributed by atoms with E-state index in [1.807, 2.05) is 0 Å². The molecule has 1 aromatic carbocycles. The van der Waals surface area contributed by atoms with Gasteiger partial charge >= 0.3 is 0 Å². The Morgan fingerprint density at radius 2 is 2.14 bits per heavy atom. The first-order valence-electron chi connectivity index (χ1n) is 7.57. The Balaban J connectivity index is 0.00000220. The first-order chi connectivity index (χ1) is 9.51. The Labute approximate surface area is 134 Å². The van der Waals surface area contributed by atoms with E-state index in [2.05, 4.69) is 55.7 Å². The van der Waals surface area contributed by atoms with Crippen LogP contribution in [0.3, 0.4) is 0 Å². The molecule has 2 N–H and O–H groups in total. The summed E-state index contributed by atoms with van der Waals surface area (Å²) in [5.41, 5.74) is 2.35. The summed E-state index contributed by atoms with van der Waals surface area (Å²) < 4.78 is 0. The Kier molecular flexibility index (Phi) is 6.69. The molecule has 0 saturated carbocycles. The van der Waals surface area contributed by atoms with Gasteiger partial charge in [0.25, 0.3) is 0 Å². The number of hydrogen-bond donors (Lipinski definition) is 2. The molecule has 0 bridgehead atoms. The molecule has 3 nitrogen and oxygen atoms in total. The highest BCUT2D eigenvalue weighted by Gasteiger charge is 2.34. The predicted octanol–water partition coefficient (Wildman–Crippen LogP) is 2.85. The average Bonchev–Trinajstić information content (AvgIpc) is 2.42. The number of benzene rings is 1. The van der Waals surface area contributed by atoms with Crippen LogP contribution in [0.5, 0.6) is 0 Å². The highest BCUT2D eigenvalue weighted by molar-refractivity contribution is 5.85. The van der Waals surface area contributed by atoms with E-state index in [0.29, 0.717) is 0 Å². The zero-order chi connectivity index (χ0) is 14.6. The summed E-state index contributed by atoms with van der Waals surface area (Å²) in [5.74, 6) is 0.186. The van der Waals surface area contributed by atoms with E-state index < -0.39 is 0 Å². The molecule has 1 aliphatic heterocycles. The first kappa shape index (κ1) is 18.0. The number of nitrogens with one attached hydrogen (secondary N) is 2. The minimum atomic E-state index is -0.252. The Morgan fingerprint density at radius 3 is 2.76 bits per heavy atom. The van der Waals surface area contributed by atoms with Gasteiger partial charge in [-0.15, -0.1) is 12.4 Å².